The van der Waals surface area contributed by atoms with Gasteiger partial charge < -0.3 is 15.4 Å². The van der Waals surface area contributed by atoms with Crippen molar-refractivity contribution in [1.29, 1.82) is 0 Å². The monoisotopic (exact) mass is 304 g/mol. The van der Waals surface area contributed by atoms with E-state index in [1.54, 1.807) is 7.11 Å². The molecule has 0 amide bonds. The third kappa shape index (κ3) is 3.55. The molecule has 0 radical (unpaired) electrons. The summed E-state index contributed by atoms with van der Waals surface area (Å²) in [6.07, 6.45) is 2.38. The third-order valence-electron chi connectivity index (χ3n) is 3.19. The van der Waals surface area contributed by atoms with Crippen LogP contribution < -0.4 is 15.4 Å². The van der Waals surface area contributed by atoms with Gasteiger partial charge in [0.15, 0.2) is 0 Å². The molecule has 1 heterocycles. The minimum atomic E-state index is 0.523. The van der Waals surface area contributed by atoms with Crippen LogP contribution in [0, 0.1) is 6.92 Å². The van der Waals surface area contributed by atoms with Crippen LogP contribution in [0.5, 0.6) is 5.75 Å². The van der Waals surface area contributed by atoms with E-state index in [-0.39, 0.29) is 0 Å². The number of aryl methyl sites for hydroxylation is 1. The molecule has 0 atom stereocenters. The number of ether oxygens (including phenoxy) is 1. The Hall–Kier alpha value is -2.01. The number of nitrogens with one attached hydrogen (secondary N) is 2. The maximum atomic E-state index is 6.13. The average Bonchev–Trinajstić information content (AvgIpc) is 3.22. The van der Waals surface area contributed by atoms with Gasteiger partial charge >= 0.3 is 0 Å². The molecule has 5 nitrogen and oxygen atoms in total. The zero-order chi connectivity index (χ0) is 14.8. The molecule has 1 aromatic carbocycles. The Morgan fingerprint density at radius 1 is 1.24 bits per heavy atom. The molecule has 1 aromatic heterocycles. The zero-order valence-electron chi connectivity index (χ0n) is 12.0. The van der Waals surface area contributed by atoms with Crippen molar-refractivity contribution >= 4 is 29.1 Å². The first-order valence-electron chi connectivity index (χ1n) is 6.87. The lowest BCUT2D eigenvalue weighted by molar-refractivity contribution is 0.415. The Morgan fingerprint density at radius 2 is 2.05 bits per heavy atom. The number of hydrogen-bond donors (Lipinski definition) is 2. The molecule has 0 bridgehead atoms. The number of nitrogens with zero attached hydrogens (tertiary/aromatic N) is 2. The summed E-state index contributed by atoms with van der Waals surface area (Å²) in [6.45, 7) is 1.95. The predicted octanol–water partition coefficient (Wildman–Crippen LogP) is 3.76. The normalized spacial score (nSPS) is 13.9. The second kappa shape index (κ2) is 5.77. The standard InChI is InChI=1S/C15H17ClN4O/c1-9-7-14(20-15(17-9)19-10-3-4-10)18-11-5-6-13(21-2)12(16)8-11/h5-8,10H,3-4H2,1-2H3,(H2,17,18,19,20). The van der Waals surface area contributed by atoms with Gasteiger partial charge in [-0.2, -0.15) is 4.98 Å². The number of hydrogen-bond acceptors (Lipinski definition) is 5. The first-order valence-corrected chi connectivity index (χ1v) is 7.24. The minimum absolute atomic E-state index is 0.523. The van der Waals surface area contributed by atoms with Crippen molar-refractivity contribution in [3.63, 3.8) is 0 Å². The fourth-order valence-corrected chi connectivity index (χ4v) is 2.26. The number of methoxy groups -OCH3 is 1. The smallest absolute Gasteiger partial charge is 0.225 e. The fraction of sp³-hybridized carbons (Fsp3) is 0.333. The van der Waals surface area contributed by atoms with Crippen LogP contribution in [0.25, 0.3) is 0 Å². The molecule has 0 unspecified atom stereocenters. The van der Waals surface area contributed by atoms with Crippen LogP contribution in [0.2, 0.25) is 5.02 Å². The number of benzene rings is 1. The van der Waals surface area contributed by atoms with E-state index in [0.29, 0.717) is 22.8 Å². The average molecular weight is 305 g/mol. The van der Waals surface area contributed by atoms with Crippen molar-refractivity contribution in [2.24, 2.45) is 0 Å². The lowest BCUT2D eigenvalue weighted by Crippen LogP contribution is -2.07. The van der Waals surface area contributed by atoms with E-state index in [4.69, 9.17) is 16.3 Å². The van der Waals surface area contributed by atoms with Gasteiger partial charge in [0.25, 0.3) is 0 Å². The summed E-state index contributed by atoms with van der Waals surface area (Å²) < 4.78 is 5.14. The maximum absolute atomic E-state index is 6.13. The zero-order valence-corrected chi connectivity index (χ0v) is 12.7. The number of aromatic nitrogens is 2. The molecule has 2 N–H and O–H groups in total. The molecule has 1 aliphatic rings. The van der Waals surface area contributed by atoms with Crippen molar-refractivity contribution in [3.8, 4) is 5.75 Å². The van der Waals surface area contributed by atoms with Crippen LogP contribution in [0.1, 0.15) is 18.5 Å². The van der Waals surface area contributed by atoms with Crippen molar-refractivity contribution in [3.05, 3.63) is 35.0 Å². The summed E-state index contributed by atoms with van der Waals surface area (Å²) in [7, 11) is 1.60. The van der Waals surface area contributed by atoms with Gasteiger partial charge in [0.05, 0.1) is 12.1 Å². The second-order valence-corrected chi connectivity index (χ2v) is 5.52. The molecular formula is C15H17ClN4O. The largest absolute Gasteiger partial charge is 0.495 e. The molecule has 21 heavy (non-hydrogen) atoms. The first-order chi connectivity index (χ1) is 10.1. The summed E-state index contributed by atoms with van der Waals surface area (Å²) in [5.41, 5.74) is 1.77. The van der Waals surface area contributed by atoms with Crippen molar-refractivity contribution in [1.82, 2.24) is 9.97 Å². The van der Waals surface area contributed by atoms with Gasteiger partial charge in [-0.3, -0.25) is 0 Å². The topological polar surface area (TPSA) is 59.1 Å². The Morgan fingerprint density at radius 3 is 2.71 bits per heavy atom. The first kappa shape index (κ1) is 13.9. The summed E-state index contributed by atoms with van der Waals surface area (Å²) in [5, 5.41) is 7.10. The SMILES string of the molecule is COc1ccc(Nc2cc(C)nc(NC3CC3)n2)cc1Cl. The second-order valence-electron chi connectivity index (χ2n) is 5.11. The van der Waals surface area contributed by atoms with Gasteiger partial charge in [-0.05, 0) is 38.0 Å². The van der Waals surface area contributed by atoms with Crippen LogP contribution in [-0.4, -0.2) is 23.1 Å². The summed E-state index contributed by atoms with van der Waals surface area (Å²) in [4.78, 5) is 8.87. The molecular weight excluding hydrogens is 288 g/mol. The molecule has 110 valence electrons. The van der Waals surface area contributed by atoms with E-state index in [1.807, 2.05) is 31.2 Å². The highest BCUT2D eigenvalue weighted by atomic mass is 35.5. The van der Waals surface area contributed by atoms with Crippen LogP contribution in [0.4, 0.5) is 17.5 Å². The molecule has 3 rings (SSSR count). The van der Waals surface area contributed by atoms with Gasteiger partial charge in [-0.1, -0.05) is 11.6 Å². The number of rotatable bonds is 5. The third-order valence-corrected chi connectivity index (χ3v) is 3.48. The summed E-state index contributed by atoms with van der Waals surface area (Å²) in [5.74, 6) is 2.06. The van der Waals surface area contributed by atoms with Crippen LogP contribution in [0.15, 0.2) is 24.3 Å². The Bertz CT molecular complexity index is 658. The Balaban J connectivity index is 1.80. The molecule has 0 aliphatic heterocycles. The molecule has 0 spiro atoms. The van der Waals surface area contributed by atoms with Crippen LogP contribution >= 0.6 is 11.6 Å². The molecule has 1 fully saturated rings. The van der Waals surface area contributed by atoms with Gasteiger partial charge in [0, 0.05) is 23.5 Å². The molecule has 1 aliphatic carbocycles. The fourth-order valence-electron chi connectivity index (χ4n) is 2.00. The number of anilines is 3. The molecule has 0 saturated heterocycles. The van der Waals surface area contributed by atoms with E-state index < -0.39 is 0 Å². The van der Waals surface area contributed by atoms with E-state index in [9.17, 15) is 0 Å². The van der Waals surface area contributed by atoms with Gasteiger partial charge in [0.2, 0.25) is 5.95 Å². The molecule has 6 heteroatoms. The highest BCUT2D eigenvalue weighted by Gasteiger charge is 2.22. The maximum Gasteiger partial charge on any atom is 0.225 e. The molecule has 1 saturated carbocycles. The van der Waals surface area contributed by atoms with Crippen molar-refractivity contribution in [2.75, 3.05) is 17.7 Å². The van der Waals surface area contributed by atoms with Crippen LogP contribution in [-0.2, 0) is 0 Å². The summed E-state index contributed by atoms with van der Waals surface area (Å²) in [6, 6.07) is 7.95. The lowest BCUT2D eigenvalue weighted by atomic mass is 10.3. The van der Waals surface area contributed by atoms with E-state index >= 15 is 0 Å². The van der Waals surface area contributed by atoms with Crippen molar-refractivity contribution in [2.45, 2.75) is 25.8 Å². The van der Waals surface area contributed by atoms with E-state index in [1.165, 1.54) is 12.8 Å². The van der Waals surface area contributed by atoms with E-state index in [2.05, 4.69) is 20.6 Å². The quantitative estimate of drug-likeness (QED) is 0.880. The Kier molecular flexibility index (Phi) is 3.84. The summed E-state index contributed by atoms with van der Waals surface area (Å²) >= 11 is 6.13. The van der Waals surface area contributed by atoms with Crippen molar-refractivity contribution < 1.29 is 4.74 Å². The van der Waals surface area contributed by atoms with Gasteiger partial charge in [-0.15, -0.1) is 0 Å². The highest BCUT2D eigenvalue weighted by molar-refractivity contribution is 6.32. The number of halogens is 1. The molecule has 2 aromatic rings. The van der Waals surface area contributed by atoms with Crippen LogP contribution in [0.3, 0.4) is 0 Å². The van der Waals surface area contributed by atoms with Gasteiger partial charge in [-0.25, -0.2) is 4.98 Å². The highest BCUT2D eigenvalue weighted by Crippen LogP contribution is 2.29. The predicted molar refractivity (Wildman–Crippen MR) is 84.7 cm³/mol. The Labute approximate surface area is 128 Å². The lowest BCUT2D eigenvalue weighted by Gasteiger charge is -2.10. The van der Waals surface area contributed by atoms with E-state index in [0.717, 1.165) is 17.2 Å². The minimum Gasteiger partial charge on any atom is -0.495 e. The van der Waals surface area contributed by atoms with Gasteiger partial charge in [0.1, 0.15) is 11.6 Å².